The first-order valence-corrected chi connectivity index (χ1v) is 6.33. The lowest BCUT2D eigenvalue weighted by molar-refractivity contribution is -0.384. The van der Waals surface area contributed by atoms with Crippen molar-refractivity contribution >= 4 is 17.3 Å². The number of nitrogens with one attached hydrogen (secondary N) is 1. The van der Waals surface area contributed by atoms with Crippen LogP contribution in [0.4, 0.5) is 11.4 Å². The standard InChI is InChI=1S/C13H18N2O5/c1-3-20-12-7-10(6-11(8-12)15(18)19)14-9(2)4-5-13(16)17/h6-9,14H,3-5H2,1-2H3,(H,16,17). The van der Waals surface area contributed by atoms with Gasteiger partial charge in [-0.05, 0) is 20.3 Å². The highest BCUT2D eigenvalue weighted by Gasteiger charge is 2.12. The number of rotatable bonds is 8. The van der Waals surface area contributed by atoms with E-state index in [2.05, 4.69) is 5.32 Å². The highest BCUT2D eigenvalue weighted by atomic mass is 16.6. The zero-order valence-corrected chi connectivity index (χ0v) is 11.5. The molecule has 7 heteroatoms. The van der Waals surface area contributed by atoms with Crippen molar-refractivity contribution in [2.75, 3.05) is 11.9 Å². The number of nitro groups is 1. The number of hydrogen-bond donors (Lipinski definition) is 2. The summed E-state index contributed by atoms with van der Waals surface area (Å²) in [6, 6.07) is 4.31. The number of carbonyl (C=O) groups is 1. The summed E-state index contributed by atoms with van der Waals surface area (Å²) in [4.78, 5) is 20.9. The highest BCUT2D eigenvalue weighted by molar-refractivity contribution is 5.66. The molecule has 7 nitrogen and oxygen atoms in total. The normalized spacial score (nSPS) is 11.7. The predicted molar refractivity (Wildman–Crippen MR) is 74.2 cm³/mol. The maximum Gasteiger partial charge on any atom is 0.303 e. The van der Waals surface area contributed by atoms with E-state index in [0.717, 1.165) is 0 Å². The smallest absolute Gasteiger partial charge is 0.303 e. The third-order valence-electron chi connectivity index (χ3n) is 2.62. The summed E-state index contributed by atoms with van der Waals surface area (Å²) in [5, 5.41) is 22.5. The fourth-order valence-electron chi connectivity index (χ4n) is 1.72. The van der Waals surface area contributed by atoms with Crippen molar-refractivity contribution in [2.45, 2.75) is 32.7 Å². The van der Waals surface area contributed by atoms with E-state index in [1.807, 2.05) is 6.92 Å². The molecule has 0 spiro atoms. The van der Waals surface area contributed by atoms with Gasteiger partial charge in [-0.25, -0.2) is 0 Å². The van der Waals surface area contributed by atoms with Gasteiger partial charge >= 0.3 is 5.97 Å². The Balaban J connectivity index is 2.82. The molecule has 1 aromatic carbocycles. The van der Waals surface area contributed by atoms with Crippen molar-refractivity contribution in [2.24, 2.45) is 0 Å². The molecule has 1 rings (SSSR count). The average molecular weight is 282 g/mol. The molecule has 1 unspecified atom stereocenters. The lowest BCUT2D eigenvalue weighted by Gasteiger charge is -2.15. The summed E-state index contributed by atoms with van der Waals surface area (Å²) >= 11 is 0. The van der Waals surface area contributed by atoms with E-state index in [0.29, 0.717) is 24.5 Å². The minimum Gasteiger partial charge on any atom is -0.494 e. The fourth-order valence-corrected chi connectivity index (χ4v) is 1.72. The summed E-state index contributed by atoms with van der Waals surface area (Å²) in [6.45, 7) is 4.03. The number of nitrogens with zero attached hydrogens (tertiary/aromatic N) is 1. The zero-order valence-electron chi connectivity index (χ0n) is 11.5. The van der Waals surface area contributed by atoms with Gasteiger partial charge in [-0.3, -0.25) is 14.9 Å². The Morgan fingerprint density at radius 1 is 1.50 bits per heavy atom. The number of anilines is 1. The Labute approximate surface area is 116 Å². The molecule has 0 bridgehead atoms. The second kappa shape index (κ2) is 7.32. The Bertz CT molecular complexity index is 490. The van der Waals surface area contributed by atoms with Gasteiger partial charge in [0.2, 0.25) is 0 Å². The largest absolute Gasteiger partial charge is 0.494 e. The minimum absolute atomic E-state index is 0.0431. The molecule has 0 radical (unpaired) electrons. The van der Waals surface area contributed by atoms with Gasteiger partial charge in [-0.2, -0.15) is 0 Å². The van der Waals surface area contributed by atoms with E-state index < -0.39 is 10.9 Å². The van der Waals surface area contributed by atoms with Crippen molar-refractivity contribution in [1.82, 2.24) is 0 Å². The number of carboxylic acids is 1. The topological polar surface area (TPSA) is 102 Å². The number of non-ortho nitro benzene ring substituents is 1. The third kappa shape index (κ3) is 5.13. The van der Waals surface area contributed by atoms with Crippen LogP contribution < -0.4 is 10.1 Å². The summed E-state index contributed by atoms with van der Waals surface area (Å²) in [5.74, 6) is -0.456. The Kier molecular flexibility index (Phi) is 5.76. The van der Waals surface area contributed by atoms with E-state index in [1.54, 1.807) is 13.0 Å². The third-order valence-corrected chi connectivity index (χ3v) is 2.62. The van der Waals surface area contributed by atoms with Crippen molar-refractivity contribution in [3.05, 3.63) is 28.3 Å². The SMILES string of the molecule is CCOc1cc(NC(C)CCC(=O)O)cc([N+](=O)[O-])c1. The quantitative estimate of drug-likeness (QED) is 0.561. The second-order valence-electron chi connectivity index (χ2n) is 4.38. The number of nitro benzene ring substituents is 1. The number of aliphatic carboxylic acids is 1. The van der Waals surface area contributed by atoms with Gasteiger partial charge in [0.1, 0.15) is 5.75 Å². The average Bonchev–Trinajstić information content (AvgIpc) is 2.36. The minimum atomic E-state index is -0.868. The molecule has 20 heavy (non-hydrogen) atoms. The number of benzene rings is 1. The van der Waals surface area contributed by atoms with E-state index in [9.17, 15) is 14.9 Å². The van der Waals surface area contributed by atoms with E-state index in [1.165, 1.54) is 12.1 Å². The van der Waals surface area contributed by atoms with Crippen molar-refractivity contribution < 1.29 is 19.6 Å². The van der Waals surface area contributed by atoms with Crippen LogP contribution in [0.25, 0.3) is 0 Å². The lowest BCUT2D eigenvalue weighted by Crippen LogP contribution is -2.16. The molecule has 0 saturated carbocycles. The zero-order chi connectivity index (χ0) is 15.1. The molecule has 1 aromatic rings. The van der Waals surface area contributed by atoms with Crippen LogP contribution in [0.5, 0.6) is 5.75 Å². The van der Waals surface area contributed by atoms with E-state index in [4.69, 9.17) is 9.84 Å². The van der Waals surface area contributed by atoms with Crippen LogP contribution in [0.2, 0.25) is 0 Å². The van der Waals surface area contributed by atoms with Crippen LogP contribution in [0.1, 0.15) is 26.7 Å². The number of hydrogen-bond acceptors (Lipinski definition) is 5. The molecule has 0 amide bonds. The summed E-state index contributed by atoms with van der Waals surface area (Å²) in [6.07, 6.45) is 0.476. The monoisotopic (exact) mass is 282 g/mol. The van der Waals surface area contributed by atoms with Gasteiger partial charge < -0.3 is 15.2 Å². The fraction of sp³-hybridized carbons (Fsp3) is 0.462. The molecule has 0 fully saturated rings. The van der Waals surface area contributed by atoms with Crippen LogP contribution in [0.3, 0.4) is 0 Å². The van der Waals surface area contributed by atoms with Gasteiger partial charge in [0, 0.05) is 30.3 Å². The van der Waals surface area contributed by atoms with Crippen molar-refractivity contribution in [1.29, 1.82) is 0 Å². The van der Waals surface area contributed by atoms with E-state index >= 15 is 0 Å². The predicted octanol–water partition coefficient (Wildman–Crippen LogP) is 2.66. The molecule has 110 valence electrons. The number of carboxylic acid groups (broad SMARTS) is 1. The molecule has 0 aliphatic carbocycles. The second-order valence-corrected chi connectivity index (χ2v) is 4.38. The van der Waals surface area contributed by atoms with Crippen LogP contribution >= 0.6 is 0 Å². The summed E-state index contributed by atoms with van der Waals surface area (Å²) < 4.78 is 5.28. The Hall–Kier alpha value is -2.31. The van der Waals surface area contributed by atoms with Gasteiger partial charge in [0.05, 0.1) is 17.6 Å². The maximum atomic E-state index is 10.9. The van der Waals surface area contributed by atoms with Crippen LogP contribution in [0, 0.1) is 10.1 Å². The van der Waals surface area contributed by atoms with Crippen molar-refractivity contribution in [3.63, 3.8) is 0 Å². The first-order chi connectivity index (χ1) is 9.42. The molecule has 0 aromatic heterocycles. The molecular weight excluding hydrogens is 264 g/mol. The molecule has 0 saturated heterocycles. The molecule has 1 atom stereocenters. The van der Waals surface area contributed by atoms with Crippen LogP contribution in [-0.4, -0.2) is 28.6 Å². The highest BCUT2D eigenvalue weighted by Crippen LogP contribution is 2.26. The molecule has 0 heterocycles. The Morgan fingerprint density at radius 2 is 2.20 bits per heavy atom. The molecule has 0 aliphatic rings. The molecular formula is C13H18N2O5. The first kappa shape index (κ1) is 15.7. The molecule has 2 N–H and O–H groups in total. The van der Waals surface area contributed by atoms with Crippen LogP contribution in [-0.2, 0) is 4.79 Å². The van der Waals surface area contributed by atoms with Gasteiger partial charge in [-0.15, -0.1) is 0 Å². The molecule has 0 aliphatic heterocycles. The lowest BCUT2D eigenvalue weighted by atomic mass is 10.1. The van der Waals surface area contributed by atoms with Gasteiger partial charge in [0.15, 0.2) is 0 Å². The maximum absolute atomic E-state index is 10.9. The first-order valence-electron chi connectivity index (χ1n) is 6.33. The van der Waals surface area contributed by atoms with E-state index in [-0.39, 0.29) is 18.2 Å². The summed E-state index contributed by atoms with van der Waals surface area (Å²) in [7, 11) is 0. The van der Waals surface area contributed by atoms with Gasteiger partial charge in [0.25, 0.3) is 5.69 Å². The van der Waals surface area contributed by atoms with Gasteiger partial charge in [-0.1, -0.05) is 0 Å². The number of ether oxygens (including phenoxy) is 1. The Morgan fingerprint density at radius 3 is 2.75 bits per heavy atom. The van der Waals surface area contributed by atoms with Crippen molar-refractivity contribution in [3.8, 4) is 5.75 Å². The van der Waals surface area contributed by atoms with Crippen LogP contribution in [0.15, 0.2) is 18.2 Å². The summed E-state index contributed by atoms with van der Waals surface area (Å²) in [5.41, 5.74) is 0.476.